The minimum Gasteiger partial charge on any atom is -0.320 e. The summed E-state index contributed by atoms with van der Waals surface area (Å²) in [6.07, 6.45) is 11.1. The minimum absolute atomic E-state index is 0.689. The van der Waals surface area contributed by atoms with Crippen LogP contribution in [-0.2, 0) is 6.54 Å². The molecule has 0 aliphatic carbocycles. The summed E-state index contributed by atoms with van der Waals surface area (Å²) in [4.78, 5) is 11.5. The number of piperidine rings is 1. The van der Waals surface area contributed by atoms with Crippen LogP contribution in [0, 0.1) is 0 Å². The summed E-state index contributed by atoms with van der Waals surface area (Å²) < 4.78 is 2.00. The second-order valence-electron chi connectivity index (χ2n) is 5.57. The van der Waals surface area contributed by atoms with Crippen molar-refractivity contribution in [2.45, 2.75) is 38.3 Å². The molecule has 3 heterocycles. The van der Waals surface area contributed by atoms with Crippen molar-refractivity contribution in [1.29, 1.82) is 0 Å². The lowest BCUT2D eigenvalue weighted by Gasteiger charge is -2.35. The topological polar surface area (TPSA) is 45.5 Å². The zero-order chi connectivity index (χ0) is 13.8. The predicted octanol–water partition coefficient (Wildman–Crippen LogP) is 1.69. The molecule has 5 heteroatoms. The third-order valence-corrected chi connectivity index (χ3v) is 4.13. The van der Waals surface area contributed by atoms with Gasteiger partial charge in [-0.2, -0.15) is 0 Å². The third-order valence-electron chi connectivity index (χ3n) is 4.13. The van der Waals surface area contributed by atoms with Crippen molar-refractivity contribution in [3.05, 3.63) is 30.4 Å². The fraction of sp³-hybridized carbons (Fsp3) is 0.600. The van der Waals surface area contributed by atoms with Crippen molar-refractivity contribution in [3.63, 3.8) is 0 Å². The van der Waals surface area contributed by atoms with E-state index in [9.17, 15) is 0 Å². The molecule has 108 valence electrons. The second-order valence-corrected chi connectivity index (χ2v) is 5.57. The Morgan fingerprint density at radius 2 is 2.35 bits per heavy atom. The van der Waals surface area contributed by atoms with E-state index >= 15 is 0 Å². The van der Waals surface area contributed by atoms with Crippen molar-refractivity contribution in [3.8, 4) is 0 Å². The second kappa shape index (κ2) is 6.33. The molecule has 2 aromatic heterocycles. The normalized spacial score (nSPS) is 20.6. The lowest BCUT2D eigenvalue weighted by Crippen LogP contribution is -2.40. The van der Waals surface area contributed by atoms with Crippen LogP contribution in [0.25, 0.3) is 5.78 Å². The highest BCUT2D eigenvalue weighted by Gasteiger charge is 2.22. The molecule has 0 spiro atoms. The number of imidazole rings is 1. The Labute approximate surface area is 120 Å². The van der Waals surface area contributed by atoms with Crippen LogP contribution in [0.1, 0.15) is 31.4 Å². The average Bonchev–Trinajstić information content (AvgIpc) is 2.88. The molecular weight excluding hydrogens is 250 g/mol. The first-order chi connectivity index (χ1) is 9.86. The van der Waals surface area contributed by atoms with E-state index in [1.54, 1.807) is 6.20 Å². The molecule has 0 saturated carbocycles. The van der Waals surface area contributed by atoms with Gasteiger partial charge in [0.1, 0.15) is 0 Å². The summed E-state index contributed by atoms with van der Waals surface area (Å²) in [5.41, 5.74) is 1.13. The molecule has 2 aromatic rings. The molecule has 0 radical (unpaired) electrons. The van der Waals surface area contributed by atoms with Crippen LogP contribution in [0.5, 0.6) is 0 Å². The van der Waals surface area contributed by atoms with Crippen LogP contribution >= 0.6 is 0 Å². The van der Waals surface area contributed by atoms with E-state index in [-0.39, 0.29) is 0 Å². The highest BCUT2D eigenvalue weighted by Crippen LogP contribution is 2.21. The van der Waals surface area contributed by atoms with Gasteiger partial charge < -0.3 is 5.32 Å². The molecule has 1 atom stereocenters. The SMILES string of the molecule is CNCCC1CCCCN1Cc1cn2cccnc2n1. The minimum atomic E-state index is 0.689. The summed E-state index contributed by atoms with van der Waals surface area (Å²) in [5, 5.41) is 3.26. The summed E-state index contributed by atoms with van der Waals surface area (Å²) >= 11 is 0. The van der Waals surface area contributed by atoms with Gasteiger partial charge in [0.25, 0.3) is 0 Å². The van der Waals surface area contributed by atoms with Crippen LogP contribution < -0.4 is 5.32 Å². The fourth-order valence-corrected chi connectivity index (χ4v) is 3.07. The van der Waals surface area contributed by atoms with Crippen molar-refractivity contribution in [1.82, 2.24) is 24.6 Å². The first kappa shape index (κ1) is 13.5. The Morgan fingerprint density at radius 1 is 1.40 bits per heavy atom. The summed E-state index contributed by atoms with van der Waals surface area (Å²) in [7, 11) is 2.03. The zero-order valence-electron chi connectivity index (χ0n) is 12.1. The maximum Gasteiger partial charge on any atom is 0.233 e. The van der Waals surface area contributed by atoms with Crippen molar-refractivity contribution >= 4 is 5.78 Å². The highest BCUT2D eigenvalue weighted by molar-refractivity contribution is 5.29. The first-order valence-corrected chi connectivity index (χ1v) is 7.54. The van der Waals surface area contributed by atoms with E-state index in [4.69, 9.17) is 0 Å². The van der Waals surface area contributed by atoms with Crippen LogP contribution in [0.15, 0.2) is 24.7 Å². The number of aromatic nitrogens is 3. The Morgan fingerprint density at radius 3 is 3.20 bits per heavy atom. The maximum absolute atomic E-state index is 4.62. The van der Waals surface area contributed by atoms with Gasteiger partial charge in [-0.1, -0.05) is 6.42 Å². The van der Waals surface area contributed by atoms with E-state index in [1.807, 2.05) is 23.7 Å². The van der Waals surface area contributed by atoms with Gasteiger partial charge in [-0.15, -0.1) is 0 Å². The molecule has 1 aliphatic rings. The Bertz CT molecular complexity index is 517. The van der Waals surface area contributed by atoms with Crippen LogP contribution in [0.2, 0.25) is 0 Å². The molecule has 0 bridgehead atoms. The molecule has 1 aliphatic heterocycles. The zero-order valence-corrected chi connectivity index (χ0v) is 12.1. The van der Waals surface area contributed by atoms with Gasteiger partial charge in [-0.3, -0.25) is 9.30 Å². The Kier molecular flexibility index (Phi) is 4.28. The number of likely N-dealkylation sites (tertiary alicyclic amines) is 1. The molecular formula is C15H23N5. The molecule has 20 heavy (non-hydrogen) atoms. The first-order valence-electron chi connectivity index (χ1n) is 7.54. The Hall–Kier alpha value is -1.46. The molecule has 1 fully saturated rings. The number of fused-ring (bicyclic) bond motifs is 1. The van der Waals surface area contributed by atoms with E-state index in [1.165, 1.54) is 32.2 Å². The monoisotopic (exact) mass is 273 g/mol. The number of nitrogens with zero attached hydrogens (tertiary/aromatic N) is 4. The largest absolute Gasteiger partial charge is 0.320 e. The van der Waals surface area contributed by atoms with Crippen molar-refractivity contribution < 1.29 is 0 Å². The van der Waals surface area contributed by atoms with Gasteiger partial charge in [-0.05, 0) is 45.5 Å². The summed E-state index contributed by atoms with van der Waals surface area (Å²) in [6.45, 7) is 3.22. The van der Waals surface area contributed by atoms with Crippen LogP contribution in [0.3, 0.4) is 0 Å². The fourth-order valence-electron chi connectivity index (χ4n) is 3.07. The van der Waals surface area contributed by atoms with E-state index in [0.29, 0.717) is 6.04 Å². The van der Waals surface area contributed by atoms with E-state index in [0.717, 1.165) is 24.6 Å². The van der Waals surface area contributed by atoms with Gasteiger partial charge in [0, 0.05) is 31.2 Å². The van der Waals surface area contributed by atoms with Gasteiger partial charge in [0.05, 0.1) is 5.69 Å². The van der Waals surface area contributed by atoms with Crippen molar-refractivity contribution in [2.75, 3.05) is 20.1 Å². The van der Waals surface area contributed by atoms with E-state index < -0.39 is 0 Å². The number of hydrogen-bond donors (Lipinski definition) is 1. The molecule has 1 N–H and O–H groups in total. The molecule has 1 unspecified atom stereocenters. The van der Waals surface area contributed by atoms with Crippen LogP contribution in [0.4, 0.5) is 0 Å². The van der Waals surface area contributed by atoms with Gasteiger partial charge >= 0.3 is 0 Å². The van der Waals surface area contributed by atoms with Gasteiger partial charge in [0.15, 0.2) is 0 Å². The standard InChI is InChI=1S/C15H23N5/c1-16-8-6-14-5-2-3-9-19(14)11-13-12-20-10-4-7-17-15(20)18-13/h4,7,10,12,14,16H,2-3,5-6,8-9,11H2,1H3. The predicted molar refractivity (Wildman–Crippen MR) is 79.6 cm³/mol. The Balaban J connectivity index is 1.70. The summed E-state index contributed by atoms with van der Waals surface area (Å²) in [6, 6.07) is 2.63. The van der Waals surface area contributed by atoms with Crippen molar-refractivity contribution in [2.24, 2.45) is 0 Å². The average molecular weight is 273 g/mol. The lowest BCUT2D eigenvalue weighted by atomic mass is 9.99. The van der Waals surface area contributed by atoms with E-state index in [2.05, 4.69) is 26.4 Å². The smallest absolute Gasteiger partial charge is 0.233 e. The molecule has 0 amide bonds. The van der Waals surface area contributed by atoms with Gasteiger partial charge in [-0.25, -0.2) is 9.97 Å². The number of nitrogens with one attached hydrogen (secondary N) is 1. The number of rotatable bonds is 5. The summed E-state index contributed by atoms with van der Waals surface area (Å²) in [5.74, 6) is 0.797. The molecule has 3 rings (SSSR count). The molecule has 5 nitrogen and oxygen atoms in total. The number of hydrogen-bond acceptors (Lipinski definition) is 4. The highest BCUT2D eigenvalue weighted by atomic mass is 15.2. The third kappa shape index (κ3) is 2.99. The van der Waals surface area contributed by atoms with Gasteiger partial charge in [0.2, 0.25) is 5.78 Å². The lowest BCUT2D eigenvalue weighted by molar-refractivity contribution is 0.131. The van der Waals surface area contributed by atoms with Crippen LogP contribution in [-0.4, -0.2) is 45.4 Å². The quantitative estimate of drug-likeness (QED) is 0.900. The maximum atomic E-state index is 4.62. The molecule has 0 aromatic carbocycles. The molecule has 1 saturated heterocycles.